The van der Waals surface area contributed by atoms with Crippen molar-refractivity contribution in [2.24, 2.45) is 0 Å². The van der Waals surface area contributed by atoms with Crippen molar-refractivity contribution < 1.29 is 51.3 Å². The molecule has 2 rings (SSSR count). The van der Waals surface area contributed by atoms with E-state index >= 15 is 0 Å². The number of carbonyl (C=O) groups excluding carboxylic acids is 4. The highest BCUT2D eigenvalue weighted by Gasteiger charge is 2.57. The fourth-order valence-corrected chi connectivity index (χ4v) is 5.15. The average molecular weight is 486 g/mol. The molecule has 1 fully saturated rings. The zero-order valence-electron chi connectivity index (χ0n) is 18.8. The van der Waals surface area contributed by atoms with E-state index in [0.29, 0.717) is 0 Å². The van der Waals surface area contributed by atoms with Gasteiger partial charge in [-0.15, -0.1) is 0 Å². The van der Waals surface area contributed by atoms with Gasteiger partial charge in [0, 0.05) is 27.7 Å². The zero-order chi connectivity index (χ0) is 24.9. The first-order valence-electron chi connectivity index (χ1n) is 9.94. The molecule has 0 saturated carbocycles. The number of hydrogen-bond acceptors (Lipinski definition) is 11. The summed E-state index contributed by atoms with van der Waals surface area (Å²) in [4.78, 5) is 46.6. The lowest BCUT2D eigenvalue weighted by molar-refractivity contribution is -0.257. The highest BCUT2D eigenvalue weighted by Crippen LogP contribution is 2.35. The van der Waals surface area contributed by atoms with Gasteiger partial charge in [-0.2, -0.15) is 0 Å². The summed E-state index contributed by atoms with van der Waals surface area (Å²) in [5, 5.41) is -1.79. The number of carbonyl (C=O) groups is 4. The van der Waals surface area contributed by atoms with Gasteiger partial charge in [0.1, 0.15) is 12.7 Å². The minimum Gasteiger partial charge on any atom is -0.463 e. The molecule has 1 saturated heterocycles. The van der Waals surface area contributed by atoms with E-state index < -0.39 is 70.2 Å². The van der Waals surface area contributed by atoms with Crippen molar-refractivity contribution in [2.75, 3.05) is 6.61 Å². The molecule has 5 atom stereocenters. The molecule has 0 aromatic heterocycles. The van der Waals surface area contributed by atoms with Gasteiger partial charge in [-0.3, -0.25) is 19.2 Å². The predicted octanol–water partition coefficient (Wildman–Crippen LogP) is 0.852. The Bertz CT molecular complexity index is 1000. The van der Waals surface area contributed by atoms with Crippen LogP contribution in [0.15, 0.2) is 29.2 Å². The van der Waals surface area contributed by atoms with Crippen molar-refractivity contribution >= 4 is 33.7 Å². The van der Waals surface area contributed by atoms with Gasteiger partial charge < -0.3 is 23.7 Å². The Balaban J connectivity index is 2.64. The van der Waals surface area contributed by atoms with E-state index in [1.807, 2.05) is 0 Å². The van der Waals surface area contributed by atoms with Crippen molar-refractivity contribution in [3.05, 3.63) is 29.8 Å². The summed E-state index contributed by atoms with van der Waals surface area (Å²) in [5.74, 6) is -3.27. The molecule has 0 unspecified atom stereocenters. The van der Waals surface area contributed by atoms with E-state index in [0.717, 1.165) is 33.3 Å². The average Bonchev–Trinajstić information content (AvgIpc) is 2.67. The first kappa shape index (κ1) is 26.3. The highest BCUT2D eigenvalue weighted by atomic mass is 32.2. The molecule has 0 bridgehead atoms. The number of hydrogen-bond donors (Lipinski definition) is 0. The normalized spacial score (nSPS) is 24.9. The van der Waals surface area contributed by atoms with E-state index in [1.165, 1.54) is 12.1 Å². The van der Waals surface area contributed by atoms with Crippen LogP contribution in [0.3, 0.4) is 0 Å². The summed E-state index contributed by atoms with van der Waals surface area (Å²) >= 11 is 0. The van der Waals surface area contributed by atoms with E-state index in [4.69, 9.17) is 23.7 Å². The second kappa shape index (κ2) is 10.8. The SMILES string of the molecule is CC(=O)OC[C@H]1O[C@H](OC(C)=O)[C@H](S(=O)(=O)c2ccc(C)cc2)[C@@H](OC(C)=O)[C@@H]1OC(C)=O. The Labute approximate surface area is 191 Å². The van der Waals surface area contributed by atoms with E-state index in [-0.39, 0.29) is 4.90 Å². The molecule has 1 aromatic rings. The number of rotatable bonds is 7. The standard InChI is InChI=1S/C21H26O11S/c1-11-6-8-16(9-7-11)33(26,27)20-19(30-14(4)24)18(29-13(3)23)17(10-28-12(2)22)32-21(20)31-15(5)25/h6-9,17-21H,10H2,1-5H3/t17-,18-,19+,20-,21+/m1/s1. The van der Waals surface area contributed by atoms with Gasteiger partial charge >= 0.3 is 23.9 Å². The third-order valence-corrected chi connectivity index (χ3v) is 6.77. The van der Waals surface area contributed by atoms with Crippen LogP contribution < -0.4 is 0 Å². The summed E-state index contributed by atoms with van der Waals surface area (Å²) in [7, 11) is -4.37. The van der Waals surface area contributed by atoms with Crippen LogP contribution in [0.5, 0.6) is 0 Å². The topological polar surface area (TPSA) is 149 Å². The van der Waals surface area contributed by atoms with Gasteiger partial charge in [-0.25, -0.2) is 8.42 Å². The lowest BCUT2D eigenvalue weighted by Crippen LogP contribution is -2.64. The molecular weight excluding hydrogens is 460 g/mol. The van der Waals surface area contributed by atoms with Crippen LogP contribution in [-0.4, -0.2) is 68.8 Å². The largest absolute Gasteiger partial charge is 0.463 e. The van der Waals surface area contributed by atoms with Gasteiger partial charge in [0.05, 0.1) is 4.90 Å². The van der Waals surface area contributed by atoms with Gasteiger partial charge in [-0.1, -0.05) is 17.7 Å². The van der Waals surface area contributed by atoms with Crippen molar-refractivity contribution in [1.29, 1.82) is 0 Å². The molecule has 1 aromatic carbocycles. The van der Waals surface area contributed by atoms with Crippen LogP contribution in [0.4, 0.5) is 0 Å². The van der Waals surface area contributed by atoms with E-state index in [1.54, 1.807) is 19.1 Å². The first-order chi connectivity index (χ1) is 15.3. The molecule has 1 aliphatic rings. The van der Waals surface area contributed by atoms with Crippen molar-refractivity contribution in [2.45, 2.75) is 69.4 Å². The summed E-state index contributed by atoms with van der Waals surface area (Å²) in [6.07, 6.45) is -6.18. The fraction of sp³-hybridized carbons (Fsp3) is 0.524. The molecule has 182 valence electrons. The van der Waals surface area contributed by atoms with Crippen LogP contribution in [0.25, 0.3) is 0 Å². The summed E-state index contributed by atoms with van der Waals surface area (Å²) in [6.45, 7) is 5.55. The number of aryl methyl sites for hydroxylation is 1. The Morgan fingerprint density at radius 2 is 1.33 bits per heavy atom. The van der Waals surface area contributed by atoms with Gasteiger partial charge in [0.15, 0.2) is 27.3 Å². The molecule has 11 nitrogen and oxygen atoms in total. The molecule has 12 heteroatoms. The second-order valence-corrected chi connectivity index (χ2v) is 9.53. The maximum absolute atomic E-state index is 13.6. The summed E-state index contributed by atoms with van der Waals surface area (Å²) < 4.78 is 53.4. The van der Waals surface area contributed by atoms with Crippen LogP contribution in [-0.2, 0) is 52.7 Å². The van der Waals surface area contributed by atoms with Crippen molar-refractivity contribution in [3.63, 3.8) is 0 Å². The summed E-state index contributed by atoms with van der Waals surface area (Å²) in [5.41, 5.74) is 0.793. The first-order valence-corrected chi connectivity index (χ1v) is 11.5. The van der Waals surface area contributed by atoms with Gasteiger partial charge in [0.25, 0.3) is 0 Å². The molecule has 0 amide bonds. The maximum Gasteiger partial charge on any atom is 0.304 e. The Kier molecular flexibility index (Phi) is 8.56. The maximum atomic E-state index is 13.6. The number of benzene rings is 1. The van der Waals surface area contributed by atoms with E-state index in [9.17, 15) is 27.6 Å². The van der Waals surface area contributed by atoms with Gasteiger partial charge in [0.2, 0.25) is 6.29 Å². The molecule has 1 heterocycles. The minimum absolute atomic E-state index is 0.156. The monoisotopic (exact) mass is 486 g/mol. The van der Waals surface area contributed by atoms with Crippen molar-refractivity contribution in [1.82, 2.24) is 0 Å². The molecule has 33 heavy (non-hydrogen) atoms. The third-order valence-electron chi connectivity index (χ3n) is 4.64. The second-order valence-electron chi connectivity index (χ2n) is 7.43. The Morgan fingerprint density at radius 3 is 1.82 bits per heavy atom. The number of ether oxygens (including phenoxy) is 5. The fourth-order valence-electron chi connectivity index (χ4n) is 3.34. The summed E-state index contributed by atoms with van der Waals surface area (Å²) in [6, 6.07) is 5.80. The highest BCUT2D eigenvalue weighted by molar-refractivity contribution is 7.92. The van der Waals surface area contributed by atoms with Crippen LogP contribution in [0, 0.1) is 6.92 Å². The number of sulfone groups is 1. The van der Waals surface area contributed by atoms with Crippen molar-refractivity contribution in [3.8, 4) is 0 Å². The predicted molar refractivity (Wildman–Crippen MR) is 110 cm³/mol. The van der Waals surface area contributed by atoms with Crippen LogP contribution >= 0.6 is 0 Å². The molecule has 0 radical (unpaired) electrons. The number of esters is 4. The molecular formula is C21H26O11S. The minimum atomic E-state index is -4.37. The lowest BCUT2D eigenvalue weighted by Gasteiger charge is -2.43. The lowest BCUT2D eigenvalue weighted by atomic mass is 10.0. The molecule has 0 spiro atoms. The third kappa shape index (κ3) is 6.75. The van der Waals surface area contributed by atoms with Gasteiger partial charge in [-0.05, 0) is 19.1 Å². The quantitative estimate of drug-likeness (QED) is 0.399. The molecule has 0 N–H and O–H groups in total. The van der Waals surface area contributed by atoms with E-state index in [2.05, 4.69) is 0 Å². The van der Waals surface area contributed by atoms with Crippen LogP contribution in [0.2, 0.25) is 0 Å². The Morgan fingerprint density at radius 1 is 0.818 bits per heavy atom. The zero-order valence-corrected chi connectivity index (χ0v) is 19.6. The van der Waals surface area contributed by atoms with Crippen LogP contribution in [0.1, 0.15) is 33.3 Å². The molecule has 0 aliphatic carbocycles. The Hall–Kier alpha value is -2.99. The smallest absolute Gasteiger partial charge is 0.304 e. The molecule has 1 aliphatic heterocycles.